The lowest BCUT2D eigenvalue weighted by atomic mass is 10.0. The zero-order valence-electron chi connectivity index (χ0n) is 13.0. The number of carbonyl (C=O) groups excluding carboxylic acids is 1. The molecule has 0 saturated carbocycles. The molecule has 0 radical (unpaired) electrons. The second kappa shape index (κ2) is 8.17. The predicted octanol–water partition coefficient (Wildman–Crippen LogP) is 3.17. The Hall–Kier alpha value is -3.57. The van der Waals surface area contributed by atoms with E-state index in [1.165, 1.54) is 7.11 Å². The van der Waals surface area contributed by atoms with Crippen LogP contribution in [0.3, 0.4) is 0 Å². The van der Waals surface area contributed by atoms with Crippen molar-refractivity contribution in [2.45, 2.75) is 0 Å². The third kappa shape index (κ3) is 4.46. The van der Waals surface area contributed by atoms with Crippen LogP contribution < -0.4 is 4.74 Å². The molecule has 0 aromatic heterocycles. The first kappa shape index (κ1) is 16.8. The number of hydrogen-bond donors (Lipinski definition) is 0. The molecule has 0 atom stereocenters. The van der Waals surface area contributed by atoms with E-state index < -0.39 is 5.97 Å². The third-order valence-corrected chi connectivity index (χ3v) is 3.22. The Morgan fingerprint density at radius 2 is 1.75 bits per heavy atom. The minimum Gasteiger partial charge on any atom is -0.482 e. The summed E-state index contributed by atoms with van der Waals surface area (Å²) in [4.78, 5) is 11.0. The molecule has 0 aliphatic heterocycles. The number of methoxy groups -OCH3 is 1. The molecule has 5 nitrogen and oxygen atoms in total. The van der Waals surface area contributed by atoms with E-state index in [1.54, 1.807) is 54.6 Å². The van der Waals surface area contributed by atoms with Crippen molar-refractivity contribution in [2.75, 3.05) is 13.7 Å². The molecule has 0 heterocycles. The second-order valence-electron chi connectivity index (χ2n) is 4.79. The maximum Gasteiger partial charge on any atom is 0.343 e. The number of carbonyl (C=O) groups is 1. The molecule has 0 N–H and O–H groups in total. The van der Waals surface area contributed by atoms with E-state index in [9.17, 15) is 10.1 Å². The van der Waals surface area contributed by atoms with Gasteiger partial charge in [-0.25, -0.2) is 4.79 Å². The number of allylic oxidation sites excluding steroid dienone is 1. The second-order valence-corrected chi connectivity index (χ2v) is 4.79. The fourth-order valence-electron chi connectivity index (χ4n) is 1.93. The zero-order valence-corrected chi connectivity index (χ0v) is 13.0. The fourth-order valence-corrected chi connectivity index (χ4v) is 1.93. The van der Waals surface area contributed by atoms with Crippen molar-refractivity contribution in [1.29, 1.82) is 10.5 Å². The molecule has 24 heavy (non-hydrogen) atoms. The standard InChI is InChI=1S/C19H14N2O3/c1-23-19(22)13-24-18-8-4-14(5-9-18)10-17(12-21)16-6-2-15(11-20)3-7-16/h2-10H,13H2,1H3/b17-10-. The molecule has 2 rings (SSSR count). The maximum atomic E-state index is 11.0. The van der Waals surface area contributed by atoms with Crippen LogP contribution >= 0.6 is 0 Å². The van der Waals surface area contributed by atoms with E-state index in [4.69, 9.17) is 10.00 Å². The molecule has 0 saturated heterocycles. The molecule has 0 aliphatic carbocycles. The van der Waals surface area contributed by atoms with E-state index >= 15 is 0 Å². The van der Waals surface area contributed by atoms with Crippen LogP contribution in [0, 0.1) is 22.7 Å². The fraction of sp³-hybridized carbons (Fsp3) is 0.105. The highest BCUT2D eigenvalue weighted by Gasteiger charge is 2.03. The van der Waals surface area contributed by atoms with Crippen LogP contribution in [0.1, 0.15) is 16.7 Å². The molecular formula is C19H14N2O3. The van der Waals surface area contributed by atoms with Crippen LogP contribution in [-0.2, 0) is 9.53 Å². The van der Waals surface area contributed by atoms with Crippen LogP contribution in [0.2, 0.25) is 0 Å². The lowest BCUT2D eigenvalue weighted by Crippen LogP contribution is -2.12. The van der Waals surface area contributed by atoms with Crippen LogP contribution in [0.5, 0.6) is 5.75 Å². The van der Waals surface area contributed by atoms with Gasteiger partial charge in [0, 0.05) is 0 Å². The summed E-state index contributed by atoms with van der Waals surface area (Å²) in [5.41, 5.74) is 2.59. The van der Waals surface area contributed by atoms with Gasteiger partial charge in [0.25, 0.3) is 0 Å². The minimum absolute atomic E-state index is 0.152. The van der Waals surface area contributed by atoms with Crippen molar-refractivity contribution < 1.29 is 14.3 Å². The molecule has 0 aliphatic rings. The Morgan fingerprint density at radius 1 is 1.08 bits per heavy atom. The molecule has 0 unspecified atom stereocenters. The quantitative estimate of drug-likeness (QED) is 0.480. The number of benzene rings is 2. The van der Waals surface area contributed by atoms with Crippen LogP contribution in [0.4, 0.5) is 0 Å². The van der Waals surface area contributed by atoms with Crippen molar-refractivity contribution in [1.82, 2.24) is 0 Å². The first-order chi connectivity index (χ1) is 11.7. The van der Waals surface area contributed by atoms with Gasteiger partial charge in [0.1, 0.15) is 5.75 Å². The molecule has 0 bridgehead atoms. The largest absolute Gasteiger partial charge is 0.482 e. The highest BCUT2D eigenvalue weighted by Crippen LogP contribution is 2.20. The Bertz CT molecular complexity index is 823. The lowest BCUT2D eigenvalue weighted by molar-refractivity contribution is -0.142. The Labute approximate surface area is 140 Å². The summed E-state index contributed by atoms with van der Waals surface area (Å²) in [7, 11) is 1.30. The number of ether oxygens (including phenoxy) is 2. The Morgan fingerprint density at radius 3 is 2.29 bits per heavy atom. The smallest absolute Gasteiger partial charge is 0.343 e. The maximum absolute atomic E-state index is 11.0. The van der Waals surface area contributed by atoms with E-state index in [2.05, 4.69) is 10.8 Å². The van der Waals surface area contributed by atoms with Crippen molar-refractivity contribution in [3.05, 3.63) is 65.2 Å². The highest BCUT2D eigenvalue weighted by atomic mass is 16.6. The van der Waals surface area contributed by atoms with E-state index in [0.717, 1.165) is 11.1 Å². The van der Waals surface area contributed by atoms with Gasteiger partial charge in [0.15, 0.2) is 6.61 Å². The van der Waals surface area contributed by atoms with Gasteiger partial charge in [-0.05, 0) is 41.5 Å². The zero-order chi connectivity index (χ0) is 17.4. The van der Waals surface area contributed by atoms with Crippen molar-refractivity contribution in [2.24, 2.45) is 0 Å². The first-order valence-electron chi connectivity index (χ1n) is 7.08. The molecule has 0 fully saturated rings. The average Bonchev–Trinajstić information content (AvgIpc) is 2.65. The van der Waals surface area contributed by atoms with Gasteiger partial charge < -0.3 is 9.47 Å². The van der Waals surface area contributed by atoms with Gasteiger partial charge in [-0.3, -0.25) is 0 Å². The summed E-state index contributed by atoms with van der Waals surface area (Å²) in [6.07, 6.45) is 1.74. The van der Waals surface area contributed by atoms with Gasteiger partial charge in [-0.1, -0.05) is 24.3 Å². The minimum atomic E-state index is -0.452. The van der Waals surface area contributed by atoms with Crippen LogP contribution in [0.25, 0.3) is 11.6 Å². The van der Waals surface area contributed by atoms with Gasteiger partial charge in [-0.2, -0.15) is 10.5 Å². The van der Waals surface area contributed by atoms with E-state index in [0.29, 0.717) is 16.9 Å². The molecule has 0 spiro atoms. The number of nitriles is 2. The van der Waals surface area contributed by atoms with E-state index in [1.807, 2.05) is 6.07 Å². The van der Waals surface area contributed by atoms with E-state index in [-0.39, 0.29) is 6.61 Å². The normalized spacial score (nSPS) is 10.4. The Kier molecular flexibility index (Phi) is 5.71. The number of rotatable bonds is 5. The van der Waals surface area contributed by atoms with Crippen molar-refractivity contribution in [3.63, 3.8) is 0 Å². The summed E-state index contributed by atoms with van der Waals surface area (Å²) in [6.45, 7) is -0.152. The predicted molar refractivity (Wildman–Crippen MR) is 88.6 cm³/mol. The molecule has 2 aromatic carbocycles. The van der Waals surface area contributed by atoms with Gasteiger partial charge in [-0.15, -0.1) is 0 Å². The average molecular weight is 318 g/mol. The first-order valence-corrected chi connectivity index (χ1v) is 7.08. The van der Waals surface area contributed by atoms with Crippen molar-refractivity contribution in [3.8, 4) is 17.9 Å². The molecule has 5 heteroatoms. The van der Waals surface area contributed by atoms with Crippen LogP contribution in [0.15, 0.2) is 48.5 Å². The highest BCUT2D eigenvalue weighted by molar-refractivity contribution is 5.89. The molecular weight excluding hydrogens is 304 g/mol. The molecule has 0 amide bonds. The summed E-state index contributed by atoms with van der Waals surface area (Å²) >= 11 is 0. The molecule has 2 aromatic rings. The van der Waals surface area contributed by atoms with Crippen molar-refractivity contribution >= 4 is 17.6 Å². The summed E-state index contributed by atoms with van der Waals surface area (Å²) in [6, 6.07) is 18.0. The third-order valence-electron chi connectivity index (χ3n) is 3.22. The number of nitrogens with zero attached hydrogens (tertiary/aromatic N) is 2. The lowest BCUT2D eigenvalue weighted by Gasteiger charge is -2.05. The van der Waals surface area contributed by atoms with Crippen LogP contribution in [-0.4, -0.2) is 19.7 Å². The SMILES string of the molecule is COC(=O)COc1ccc(/C=C(/C#N)c2ccc(C#N)cc2)cc1. The topological polar surface area (TPSA) is 83.1 Å². The summed E-state index contributed by atoms with van der Waals surface area (Å²) in [5.74, 6) is 0.0842. The summed E-state index contributed by atoms with van der Waals surface area (Å²) < 4.78 is 9.76. The number of esters is 1. The van der Waals surface area contributed by atoms with Gasteiger partial charge >= 0.3 is 5.97 Å². The Balaban J connectivity index is 2.14. The number of hydrogen-bond acceptors (Lipinski definition) is 5. The summed E-state index contributed by atoms with van der Waals surface area (Å²) in [5, 5.41) is 18.1. The van der Waals surface area contributed by atoms with Gasteiger partial charge in [0.05, 0.1) is 30.4 Å². The molecule has 118 valence electrons. The van der Waals surface area contributed by atoms with Gasteiger partial charge in [0.2, 0.25) is 0 Å². The monoisotopic (exact) mass is 318 g/mol.